The Balaban J connectivity index is 1.41. The molecule has 3 heterocycles. The standard InChI is InChI=1S/C22H25N3O3/c1-14-20(15-9-11-25(14)12-10-15)24-22(27)16-5-7-18(8-6-16)28-19-4-2-3-17(13-19)21(23)26/h2-8,13-15,20H,9-12H2,1H3,(H2,23,26)(H,24,27)/t14-,20-/m0/s1. The predicted molar refractivity (Wildman–Crippen MR) is 106 cm³/mol. The fourth-order valence-corrected chi connectivity index (χ4v) is 4.30. The lowest BCUT2D eigenvalue weighted by molar-refractivity contribution is 0.0217. The normalized spacial score (nSPS) is 25.9. The van der Waals surface area contributed by atoms with Crippen LogP contribution in [0.25, 0.3) is 0 Å². The van der Waals surface area contributed by atoms with Gasteiger partial charge in [0.2, 0.25) is 5.91 Å². The number of piperidine rings is 3. The Kier molecular flexibility index (Phi) is 5.05. The van der Waals surface area contributed by atoms with Crippen molar-refractivity contribution < 1.29 is 14.3 Å². The van der Waals surface area contributed by atoms with Gasteiger partial charge in [-0.15, -0.1) is 0 Å². The van der Waals surface area contributed by atoms with Gasteiger partial charge in [0, 0.05) is 23.2 Å². The number of rotatable bonds is 5. The summed E-state index contributed by atoms with van der Waals surface area (Å²) in [6.07, 6.45) is 2.32. The Morgan fingerprint density at radius 2 is 1.75 bits per heavy atom. The molecule has 0 aromatic heterocycles. The van der Waals surface area contributed by atoms with Crippen molar-refractivity contribution in [3.05, 3.63) is 59.7 Å². The molecule has 3 aliphatic heterocycles. The number of hydrogen-bond acceptors (Lipinski definition) is 4. The zero-order valence-corrected chi connectivity index (χ0v) is 15.9. The molecule has 0 aliphatic carbocycles. The first kappa shape index (κ1) is 18.5. The molecule has 0 spiro atoms. The van der Waals surface area contributed by atoms with Crippen LogP contribution in [0.1, 0.15) is 40.5 Å². The molecule has 0 unspecified atom stereocenters. The van der Waals surface area contributed by atoms with Gasteiger partial charge >= 0.3 is 0 Å². The largest absolute Gasteiger partial charge is 0.457 e. The minimum absolute atomic E-state index is 0.0483. The molecule has 3 N–H and O–H groups in total. The second kappa shape index (κ2) is 7.64. The van der Waals surface area contributed by atoms with Gasteiger partial charge in [-0.3, -0.25) is 14.5 Å². The Morgan fingerprint density at radius 3 is 2.39 bits per heavy atom. The number of carbonyl (C=O) groups is 2. The van der Waals surface area contributed by atoms with E-state index in [0.29, 0.717) is 34.6 Å². The molecule has 0 saturated carbocycles. The molecule has 28 heavy (non-hydrogen) atoms. The van der Waals surface area contributed by atoms with Crippen molar-refractivity contribution >= 4 is 11.8 Å². The summed E-state index contributed by atoms with van der Waals surface area (Å²) in [7, 11) is 0. The maximum Gasteiger partial charge on any atom is 0.251 e. The van der Waals surface area contributed by atoms with Crippen LogP contribution in [0, 0.1) is 5.92 Å². The Morgan fingerprint density at radius 1 is 1.04 bits per heavy atom. The molecule has 2 atom stereocenters. The van der Waals surface area contributed by atoms with E-state index in [2.05, 4.69) is 17.1 Å². The van der Waals surface area contributed by atoms with Crippen LogP contribution in [-0.4, -0.2) is 41.9 Å². The summed E-state index contributed by atoms with van der Waals surface area (Å²) < 4.78 is 5.77. The number of nitrogens with zero attached hydrogens (tertiary/aromatic N) is 1. The van der Waals surface area contributed by atoms with Gasteiger partial charge in [-0.2, -0.15) is 0 Å². The second-order valence-electron chi connectivity index (χ2n) is 7.63. The monoisotopic (exact) mass is 379 g/mol. The Labute approximate surface area is 164 Å². The van der Waals surface area contributed by atoms with Crippen molar-refractivity contribution in [2.24, 2.45) is 11.7 Å². The second-order valence-corrected chi connectivity index (χ2v) is 7.63. The molecule has 6 heteroatoms. The van der Waals surface area contributed by atoms with Gasteiger partial charge in [-0.25, -0.2) is 0 Å². The summed E-state index contributed by atoms with van der Waals surface area (Å²) >= 11 is 0. The molecule has 2 aromatic rings. The molecule has 6 nitrogen and oxygen atoms in total. The molecular weight excluding hydrogens is 354 g/mol. The van der Waals surface area contributed by atoms with E-state index in [1.807, 2.05) is 0 Å². The van der Waals surface area contributed by atoms with Gasteiger partial charge in [-0.1, -0.05) is 6.07 Å². The highest BCUT2D eigenvalue weighted by molar-refractivity contribution is 5.94. The minimum atomic E-state index is -0.501. The lowest BCUT2D eigenvalue weighted by Crippen LogP contribution is -2.62. The number of ether oxygens (including phenoxy) is 1. The van der Waals surface area contributed by atoms with E-state index in [1.165, 1.54) is 0 Å². The third-order valence-corrected chi connectivity index (χ3v) is 5.95. The fraction of sp³-hybridized carbons (Fsp3) is 0.364. The maximum absolute atomic E-state index is 12.7. The van der Waals surface area contributed by atoms with Crippen molar-refractivity contribution in [2.75, 3.05) is 13.1 Å². The van der Waals surface area contributed by atoms with Gasteiger partial charge in [-0.05, 0) is 81.2 Å². The van der Waals surface area contributed by atoms with E-state index in [-0.39, 0.29) is 11.9 Å². The van der Waals surface area contributed by atoms with Crippen LogP contribution in [0.15, 0.2) is 48.5 Å². The summed E-state index contributed by atoms with van der Waals surface area (Å²) in [5.74, 6) is 1.14. The molecule has 3 fully saturated rings. The van der Waals surface area contributed by atoms with Crippen LogP contribution >= 0.6 is 0 Å². The number of fused-ring (bicyclic) bond motifs is 3. The van der Waals surface area contributed by atoms with E-state index >= 15 is 0 Å². The van der Waals surface area contributed by atoms with Crippen molar-refractivity contribution in [1.29, 1.82) is 0 Å². The first-order valence-corrected chi connectivity index (χ1v) is 9.74. The summed E-state index contributed by atoms with van der Waals surface area (Å²) in [5, 5.41) is 3.23. The fourth-order valence-electron chi connectivity index (χ4n) is 4.30. The number of carbonyl (C=O) groups excluding carboxylic acids is 2. The van der Waals surface area contributed by atoms with E-state index in [1.54, 1.807) is 48.5 Å². The first-order valence-electron chi connectivity index (χ1n) is 9.74. The molecular formula is C22H25N3O3. The van der Waals surface area contributed by atoms with Crippen LogP contribution < -0.4 is 15.8 Å². The first-order chi connectivity index (χ1) is 13.5. The Hall–Kier alpha value is -2.86. The van der Waals surface area contributed by atoms with Gasteiger partial charge in [0.1, 0.15) is 11.5 Å². The van der Waals surface area contributed by atoms with Gasteiger partial charge in [0.15, 0.2) is 0 Å². The highest BCUT2D eigenvalue weighted by atomic mass is 16.5. The van der Waals surface area contributed by atoms with Crippen LogP contribution in [0.2, 0.25) is 0 Å². The zero-order valence-electron chi connectivity index (χ0n) is 15.9. The van der Waals surface area contributed by atoms with Crippen molar-refractivity contribution in [2.45, 2.75) is 31.8 Å². The number of hydrogen-bond donors (Lipinski definition) is 2. The summed E-state index contributed by atoms with van der Waals surface area (Å²) in [6.45, 7) is 4.48. The van der Waals surface area contributed by atoms with Crippen LogP contribution in [0.3, 0.4) is 0 Å². The topological polar surface area (TPSA) is 84.7 Å². The summed E-state index contributed by atoms with van der Waals surface area (Å²) in [6, 6.07) is 14.3. The lowest BCUT2D eigenvalue weighted by Gasteiger charge is -2.49. The molecule has 2 aromatic carbocycles. The highest BCUT2D eigenvalue weighted by Crippen LogP contribution is 2.32. The minimum Gasteiger partial charge on any atom is -0.457 e. The highest BCUT2D eigenvalue weighted by Gasteiger charge is 2.40. The number of primary amides is 1. The maximum atomic E-state index is 12.7. The smallest absolute Gasteiger partial charge is 0.251 e. The number of nitrogens with two attached hydrogens (primary N) is 1. The van der Waals surface area contributed by atoms with Crippen LogP contribution in [0.4, 0.5) is 0 Å². The number of nitrogens with one attached hydrogen (secondary N) is 1. The van der Waals surface area contributed by atoms with Gasteiger partial charge in [0.25, 0.3) is 5.91 Å². The third kappa shape index (κ3) is 3.73. The predicted octanol–water partition coefficient (Wildman–Crippen LogP) is 2.79. The van der Waals surface area contributed by atoms with Crippen LogP contribution in [-0.2, 0) is 0 Å². The Bertz CT molecular complexity index is 871. The lowest BCUT2D eigenvalue weighted by atomic mass is 9.79. The quantitative estimate of drug-likeness (QED) is 0.837. The molecule has 146 valence electrons. The molecule has 2 amide bonds. The zero-order chi connectivity index (χ0) is 19.7. The summed E-state index contributed by atoms with van der Waals surface area (Å²) in [5.41, 5.74) is 6.30. The molecule has 3 aliphatic rings. The van der Waals surface area contributed by atoms with E-state index in [9.17, 15) is 9.59 Å². The SMILES string of the molecule is C[C@H]1[C@H](NC(=O)c2ccc(Oc3cccc(C(N)=O)c3)cc2)C2CCN1CC2. The van der Waals surface area contributed by atoms with E-state index in [0.717, 1.165) is 25.9 Å². The molecule has 5 rings (SSSR count). The van der Waals surface area contributed by atoms with Crippen LogP contribution in [0.5, 0.6) is 11.5 Å². The average molecular weight is 379 g/mol. The van der Waals surface area contributed by atoms with Crippen molar-refractivity contribution in [3.8, 4) is 11.5 Å². The van der Waals surface area contributed by atoms with E-state index < -0.39 is 5.91 Å². The van der Waals surface area contributed by atoms with Gasteiger partial charge in [0.05, 0.1) is 0 Å². The molecule has 3 saturated heterocycles. The van der Waals surface area contributed by atoms with Crippen molar-refractivity contribution in [3.63, 3.8) is 0 Å². The van der Waals surface area contributed by atoms with Gasteiger partial charge < -0.3 is 15.8 Å². The number of benzene rings is 2. The average Bonchev–Trinajstić information content (AvgIpc) is 2.71. The summed E-state index contributed by atoms with van der Waals surface area (Å²) in [4.78, 5) is 26.4. The third-order valence-electron chi connectivity index (χ3n) is 5.95. The van der Waals surface area contributed by atoms with E-state index in [4.69, 9.17) is 10.5 Å². The number of amides is 2. The molecule has 2 bridgehead atoms. The van der Waals surface area contributed by atoms with Crippen molar-refractivity contribution in [1.82, 2.24) is 10.2 Å². The molecule has 0 radical (unpaired) electrons.